The first-order valence-electron chi connectivity index (χ1n) is 6.94. The monoisotopic (exact) mass is 335 g/mol. The molecule has 120 valence electrons. The van der Waals surface area contributed by atoms with Crippen LogP contribution in [0.3, 0.4) is 0 Å². The van der Waals surface area contributed by atoms with Crippen molar-refractivity contribution in [3.05, 3.63) is 70.5 Å². The summed E-state index contributed by atoms with van der Waals surface area (Å²) < 4.78 is 18.4. The average molecular weight is 336 g/mol. The maximum absolute atomic E-state index is 13.6. The van der Waals surface area contributed by atoms with E-state index in [1.54, 1.807) is 0 Å². The smallest absolute Gasteiger partial charge is 0.343 e. The van der Waals surface area contributed by atoms with Gasteiger partial charge in [0.2, 0.25) is 0 Å². The molecule has 0 heterocycles. The highest BCUT2D eigenvalue weighted by atomic mass is 35.5. The number of benzene rings is 2. The van der Waals surface area contributed by atoms with Gasteiger partial charge in [-0.05, 0) is 24.6 Å². The third-order valence-corrected chi connectivity index (χ3v) is 3.49. The zero-order valence-corrected chi connectivity index (χ0v) is 13.1. The van der Waals surface area contributed by atoms with Gasteiger partial charge in [0.1, 0.15) is 11.4 Å². The minimum atomic E-state index is -0.976. The molecule has 2 rings (SSSR count). The highest BCUT2D eigenvalue weighted by molar-refractivity contribution is 6.33. The molecule has 0 spiro atoms. The van der Waals surface area contributed by atoms with Crippen LogP contribution in [0.1, 0.15) is 28.9 Å². The molecule has 0 aliphatic rings. The average Bonchev–Trinajstić information content (AvgIpc) is 2.53. The molecule has 0 aliphatic heterocycles. The van der Waals surface area contributed by atoms with E-state index in [4.69, 9.17) is 16.3 Å². The highest BCUT2D eigenvalue weighted by Crippen LogP contribution is 2.19. The van der Waals surface area contributed by atoms with E-state index in [0.29, 0.717) is 0 Å². The summed E-state index contributed by atoms with van der Waals surface area (Å²) in [6, 6.07) is 12.9. The van der Waals surface area contributed by atoms with E-state index in [9.17, 15) is 14.0 Å². The molecule has 4 nitrogen and oxygen atoms in total. The lowest BCUT2D eigenvalue weighted by molar-refractivity contribution is -0.124. The van der Waals surface area contributed by atoms with E-state index in [1.807, 2.05) is 37.3 Å². The predicted molar refractivity (Wildman–Crippen MR) is 84.7 cm³/mol. The minimum absolute atomic E-state index is 0.0620. The van der Waals surface area contributed by atoms with Crippen LogP contribution in [0.15, 0.2) is 48.5 Å². The molecular weight excluding hydrogens is 321 g/mol. The van der Waals surface area contributed by atoms with Crippen LogP contribution in [-0.2, 0) is 9.53 Å². The maximum atomic E-state index is 13.6. The fraction of sp³-hybridized carbons (Fsp3) is 0.176. The molecule has 2 aromatic carbocycles. The SMILES string of the molecule is C[C@@H](NC(=O)COC(=O)c1c(F)cccc1Cl)c1ccccc1. The van der Waals surface area contributed by atoms with Crippen molar-refractivity contribution in [3.8, 4) is 0 Å². The van der Waals surface area contributed by atoms with Crippen LogP contribution in [0.5, 0.6) is 0 Å². The molecular formula is C17H15ClFNO3. The number of carbonyl (C=O) groups excluding carboxylic acids is 2. The molecule has 0 radical (unpaired) electrons. The van der Waals surface area contributed by atoms with Crippen LogP contribution in [0.25, 0.3) is 0 Å². The van der Waals surface area contributed by atoms with Gasteiger partial charge in [0.05, 0.1) is 11.1 Å². The molecule has 0 bridgehead atoms. The standard InChI is InChI=1S/C17H15ClFNO3/c1-11(12-6-3-2-4-7-12)20-15(21)10-23-17(22)16-13(18)8-5-9-14(16)19/h2-9,11H,10H2,1H3,(H,20,21)/t11-/m1/s1. The van der Waals surface area contributed by atoms with Crippen molar-refractivity contribution >= 4 is 23.5 Å². The molecule has 6 heteroatoms. The van der Waals surface area contributed by atoms with Crippen molar-refractivity contribution in [2.45, 2.75) is 13.0 Å². The minimum Gasteiger partial charge on any atom is -0.452 e. The van der Waals surface area contributed by atoms with Crippen molar-refractivity contribution in [1.82, 2.24) is 5.32 Å². The Morgan fingerprint density at radius 3 is 2.52 bits per heavy atom. The second kappa shape index (κ2) is 7.74. The van der Waals surface area contributed by atoms with Crippen LogP contribution >= 0.6 is 11.6 Å². The first kappa shape index (κ1) is 17.0. The Morgan fingerprint density at radius 2 is 1.87 bits per heavy atom. The Bertz CT molecular complexity index is 686. The quantitative estimate of drug-likeness (QED) is 0.851. The van der Waals surface area contributed by atoms with Gasteiger partial charge in [-0.3, -0.25) is 4.79 Å². The number of nitrogens with one attached hydrogen (secondary N) is 1. The molecule has 0 fully saturated rings. The topological polar surface area (TPSA) is 55.4 Å². The summed E-state index contributed by atoms with van der Waals surface area (Å²) in [4.78, 5) is 23.6. The Labute approximate surface area is 138 Å². The van der Waals surface area contributed by atoms with Crippen LogP contribution in [0.4, 0.5) is 4.39 Å². The molecule has 2 aromatic rings. The van der Waals surface area contributed by atoms with Gasteiger partial charge < -0.3 is 10.1 Å². The first-order valence-corrected chi connectivity index (χ1v) is 7.32. The summed E-state index contributed by atoms with van der Waals surface area (Å²) in [5, 5.41) is 2.63. The molecule has 0 saturated heterocycles. The number of hydrogen-bond donors (Lipinski definition) is 1. The molecule has 1 atom stereocenters. The van der Waals surface area contributed by atoms with Crippen molar-refractivity contribution in [2.24, 2.45) is 0 Å². The van der Waals surface area contributed by atoms with E-state index in [1.165, 1.54) is 12.1 Å². The van der Waals surface area contributed by atoms with E-state index in [0.717, 1.165) is 11.6 Å². The van der Waals surface area contributed by atoms with Gasteiger partial charge in [0, 0.05) is 0 Å². The molecule has 0 saturated carbocycles. The second-order valence-corrected chi connectivity index (χ2v) is 5.28. The van der Waals surface area contributed by atoms with Gasteiger partial charge in [0.25, 0.3) is 5.91 Å². The van der Waals surface area contributed by atoms with Crippen molar-refractivity contribution in [3.63, 3.8) is 0 Å². The van der Waals surface area contributed by atoms with Gasteiger partial charge in [-0.25, -0.2) is 9.18 Å². The van der Waals surface area contributed by atoms with Crippen LogP contribution in [0, 0.1) is 5.82 Å². The fourth-order valence-electron chi connectivity index (χ4n) is 2.00. The fourth-order valence-corrected chi connectivity index (χ4v) is 2.24. The van der Waals surface area contributed by atoms with Gasteiger partial charge in [0.15, 0.2) is 6.61 Å². The summed E-state index contributed by atoms with van der Waals surface area (Å²) in [7, 11) is 0. The number of rotatable bonds is 5. The zero-order chi connectivity index (χ0) is 16.8. The van der Waals surface area contributed by atoms with Gasteiger partial charge in [-0.2, -0.15) is 0 Å². The van der Waals surface area contributed by atoms with E-state index >= 15 is 0 Å². The summed E-state index contributed by atoms with van der Waals surface area (Å²) in [5.41, 5.74) is 0.544. The van der Waals surface area contributed by atoms with E-state index < -0.39 is 24.3 Å². The normalized spacial score (nSPS) is 11.6. The van der Waals surface area contributed by atoms with Crippen molar-refractivity contribution in [1.29, 1.82) is 0 Å². The summed E-state index contributed by atoms with van der Waals surface area (Å²) in [5.74, 6) is -2.25. The van der Waals surface area contributed by atoms with E-state index in [-0.39, 0.29) is 16.6 Å². The van der Waals surface area contributed by atoms with E-state index in [2.05, 4.69) is 5.32 Å². The second-order valence-electron chi connectivity index (χ2n) is 4.87. The van der Waals surface area contributed by atoms with Crippen LogP contribution in [0.2, 0.25) is 5.02 Å². The van der Waals surface area contributed by atoms with Gasteiger partial charge >= 0.3 is 5.97 Å². The summed E-state index contributed by atoms with van der Waals surface area (Å²) >= 11 is 5.76. The Balaban J connectivity index is 1.91. The third kappa shape index (κ3) is 4.53. The number of carbonyl (C=O) groups is 2. The van der Waals surface area contributed by atoms with Gasteiger partial charge in [-0.15, -0.1) is 0 Å². The first-order chi connectivity index (χ1) is 11.0. The number of amides is 1. The Kier molecular flexibility index (Phi) is 5.71. The molecule has 23 heavy (non-hydrogen) atoms. The predicted octanol–water partition coefficient (Wildman–Crippen LogP) is 3.51. The Morgan fingerprint density at radius 1 is 1.17 bits per heavy atom. The number of esters is 1. The number of ether oxygens (including phenoxy) is 1. The summed E-state index contributed by atoms with van der Waals surface area (Å²) in [6.45, 7) is 1.30. The summed E-state index contributed by atoms with van der Waals surface area (Å²) in [6.07, 6.45) is 0. The molecule has 0 unspecified atom stereocenters. The van der Waals surface area contributed by atoms with Crippen LogP contribution < -0.4 is 5.32 Å². The van der Waals surface area contributed by atoms with Gasteiger partial charge in [-0.1, -0.05) is 48.0 Å². The molecule has 0 aromatic heterocycles. The molecule has 1 N–H and O–H groups in total. The molecule has 0 aliphatic carbocycles. The third-order valence-electron chi connectivity index (χ3n) is 3.18. The molecule has 1 amide bonds. The van der Waals surface area contributed by atoms with Crippen molar-refractivity contribution < 1.29 is 18.7 Å². The van der Waals surface area contributed by atoms with Crippen LogP contribution in [-0.4, -0.2) is 18.5 Å². The number of halogens is 2. The number of hydrogen-bond acceptors (Lipinski definition) is 3. The lowest BCUT2D eigenvalue weighted by Gasteiger charge is -2.14. The lowest BCUT2D eigenvalue weighted by Crippen LogP contribution is -2.31. The van der Waals surface area contributed by atoms with Crippen molar-refractivity contribution in [2.75, 3.05) is 6.61 Å². The highest BCUT2D eigenvalue weighted by Gasteiger charge is 2.19. The maximum Gasteiger partial charge on any atom is 0.343 e. The largest absolute Gasteiger partial charge is 0.452 e. The lowest BCUT2D eigenvalue weighted by atomic mass is 10.1. The zero-order valence-electron chi connectivity index (χ0n) is 12.4. The Hall–Kier alpha value is -2.40.